The molecule has 4 heteroatoms. The second kappa shape index (κ2) is 9.17. The van der Waals surface area contributed by atoms with Gasteiger partial charge in [0.2, 0.25) is 0 Å². The fourth-order valence-electron chi connectivity index (χ4n) is 7.87. The van der Waals surface area contributed by atoms with Crippen molar-refractivity contribution in [2.24, 2.45) is 28.6 Å². The molecule has 0 aliphatic heterocycles. The Morgan fingerprint density at radius 3 is 2.58 bits per heavy atom. The number of fused-ring (bicyclic) bond motifs is 5. The molecule has 0 unspecified atom stereocenters. The molecular formula is C27H44O4. The third-order valence-electron chi connectivity index (χ3n) is 9.77. The lowest BCUT2D eigenvalue weighted by Crippen LogP contribution is -2.55. The Kier molecular flexibility index (Phi) is 6.89. The fraction of sp³-hybridized carbons (Fsp3) is 0.889. The van der Waals surface area contributed by atoms with E-state index in [-0.39, 0.29) is 34.9 Å². The standard InChI is InChI=1S/C27H44O4/c1-4-5-6-7-8-9-24(30)31-23-11-10-20-25-21(13-15-27(20,23)3)26(2)14-12-19(28)16-18(26)17-22(25)29/h17,19-23,25,28-29H,4-16H2,1-3H3/t19-,20-,21-,22-,23-,25-,26-,27-/m0/s1. The minimum absolute atomic E-state index is 0.000141. The lowest BCUT2D eigenvalue weighted by atomic mass is 9.47. The summed E-state index contributed by atoms with van der Waals surface area (Å²) in [7, 11) is 0. The summed E-state index contributed by atoms with van der Waals surface area (Å²) in [6.07, 6.45) is 14.4. The Hall–Kier alpha value is -0.870. The largest absolute Gasteiger partial charge is 0.462 e. The quantitative estimate of drug-likeness (QED) is 0.314. The van der Waals surface area contributed by atoms with Crippen molar-refractivity contribution in [3.05, 3.63) is 11.6 Å². The van der Waals surface area contributed by atoms with E-state index in [9.17, 15) is 15.0 Å². The highest BCUT2D eigenvalue weighted by Crippen LogP contribution is 2.65. The average Bonchev–Trinajstić information content (AvgIpc) is 3.05. The molecule has 0 aromatic heterocycles. The Labute approximate surface area is 188 Å². The van der Waals surface area contributed by atoms with E-state index in [1.54, 1.807) is 0 Å². The van der Waals surface area contributed by atoms with Gasteiger partial charge in [-0.3, -0.25) is 4.79 Å². The molecule has 0 amide bonds. The van der Waals surface area contributed by atoms with Gasteiger partial charge in [-0.05, 0) is 74.5 Å². The minimum atomic E-state index is -0.434. The summed E-state index contributed by atoms with van der Waals surface area (Å²) in [6.45, 7) is 6.90. The summed E-state index contributed by atoms with van der Waals surface area (Å²) in [5, 5.41) is 21.4. The highest BCUT2D eigenvalue weighted by Gasteiger charge is 2.61. The first kappa shape index (κ1) is 23.3. The van der Waals surface area contributed by atoms with Crippen molar-refractivity contribution in [1.82, 2.24) is 0 Å². The normalized spacial score (nSPS) is 44.1. The molecule has 2 N–H and O–H groups in total. The van der Waals surface area contributed by atoms with Crippen molar-refractivity contribution in [3.8, 4) is 0 Å². The van der Waals surface area contributed by atoms with E-state index in [1.807, 2.05) is 0 Å². The summed E-state index contributed by atoms with van der Waals surface area (Å²) in [5.41, 5.74) is 1.38. The number of aliphatic hydroxyl groups is 2. The summed E-state index contributed by atoms with van der Waals surface area (Å²) in [4.78, 5) is 12.6. The molecule has 4 aliphatic carbocycles. The van der Waals surface area contributed by atoms with Gasteiger partial charge >= 0.3 is 5.97 Å². The zero-order chi connectivity index (χ0) is 22.2. The van der Waals surface area contributed by atoms with E-state index in [0.717, 1.165) is 57.8 Å². The second-order valence-corrected chi connectivity index (χ2v) is 11.6. The number of hydrogen-bond acceptors (Lipinski definition) is 4. The van der Waals surface area contributed by atoms with Gasteiger partial charge < -0.3 is 14.9 Å². The number of ether oxygens (including phenoxy) is 1. The van der Waals surface area contributed by atoms with Gasteiger partial charge in [-0.1, -0.05) is 58.1 Å². The van der Waals surface area contributed by atoms with Crippen LogP contribution in [0.5, 0.6) is 0 Å². The van der Waals surface area contributed by atoms with Crippen LogP contribution in [0.25, 0.3) is 0 Å². The van der Waals surface area contributed by atoms with Crippen LogP contribution in [0, 0.1) is 28.6 Å². The second-order valence-electron chi connectivity index (χ2n) is 11.6. The lowest BCUT2D eigenvalue weighted by molar-refractivity contribution is -0.162. The molecule has 0 aromatic rings. The number of aliphatic hydroxyl groups excluding tert-OH is 2. The highest BCUT2D eigenvalue weighted by atomic mass is 16.5. The van der Waals surface area contributed by atoms with Gasteiger partial charge in [0.15, 0.2) is 0 Å². The van der Waals surface area contributed by atoms with E-state index in [0.29, 0.717) is 18.3 Å². The first-order chi connectivity index (χ1) is 14.8. The Morgan fingerprint density at radius 1 is 1.03 bits per heavy atom. The van der Waals surface area contributed by atoms with Crippen molar-refractivity contribution in [2.75, 3.05) is 0 Å². The van der Waals surface area contributed by atoms with E-state index >= 15 is 0 Å². The van der Waals surface area contributed by atoms with Crippen LogP contribution in [0.4, 0.5) is 0 Å². The third kappa shape index (κ3) is 4.24. The van der Waals surface area contributed by atoms with Gasteiger partial charge in [0.1, 0.15) is 6.10 Å². The van der Waals surface area contributed by atoms with E-state index in [4.69, 9.17) is 4.74 Å². The first-order valence-electron chi connectivity index (χ1n) is 13.1. The van der Waals surface area contributed by atoms with Gasteiger partial charge in [0.25, 0.3) is 0 Å². The Balaban J connectivity index is 1.43. The molecule has 176 valence electrons. The molecule has 0 radical (unpaired) electrons. The summed E-state index contributed by atoms with van der Waals surface area (Å²) < 4.78 is 6.08. The molecule has 0 heterocycles. The summed E-state index contributed by atoms with van der Waals surface area (Å²) in [5.74, 6) is 1.11. The highest BCUT2D eigenvalue weighted by molar-refractivity contribution is 5.69. The molecule has 3 saturated carbocycles. The van der Waals surface area contributed by atoms with Crippen LogP contribution in [0.3, 0.4) is 0 Å². The van der Waals surface area contributed by atoms with Crippen molar-refractivity contribution in [1.29, 1.82) is 0 Å². The monoisotopic (exact) mass is 432 g/mol. The van der Waals surface area contributed by atoms with Crippen molar-refractivity contribution in [3.63, 3.8) is 0 Å². The van der Waals surface area contributed by atoms with Crippen molar-refractivity contribution >= 4 is 5.97 Å². The topological polar surface area (TPSA) is 66.8 Å². The van der Waals surface area contributed by atoms with Crippen LogP contribution >= 0.6 is 0 Å². The molecule has 3 fully saturated rings. The molecule has 31 heavy (non-hydrogen) atoms. The number of esters is 1. The fourth-order valence-corrected chi connectivity index (χ4v) is 7.87. The molecule has 4 rings (SSSR count). The SMILES string of the molecule is CCCCCCCC(=O)O[C@H]1CC[C@H]2[C@@H]3[C@@H](O)C=C4C[C@@H](O)CC[C@]4(C)[C@H]3CC[C@]12C. The molecule has 4 nitrogen and oxygen atoms in total. The average molecular weight is 433 g/mol. The molecule has 0 spiro atoms. The van der Waals surface area contributed by atoms with Gasteiger partial charge in [-0.2, -0.15) is 0 Å². The number of carbonyl (C=O) groups excluding carboxylic acids is 1. The molecule has 0 saturated heterocycles. The number of carbonyl (C=O) groups is 1. The van der Waals surface area contributed by atoms with E-state index in [1.165, 1.54) is 24.8 Å². The van der Waals surface area contributed by atoms with Gasteiger partial charge in [-0.25, -0.2) is 0 Å². The molecular weight excluding hydrogens is 388 g/mol. The van der Waals surface area contributed by atoms with Crippen LogP contribution in [0.1, 0.15) is 104 Å². The maximum Gasteiger partial charge on any atom is 0.306 e. The molecule has 8 atom stereocenters. The molecule has 4 aliphatic rings. The zero-order valence-electron chi connectivity index (χ0n) is 19.9. The van der Waals surface area contributed by atoms with Gasteiger partial charge in [0.05, 0.1) is 12.2 Å². The number of rotatable bonds is 7. The minimum Gasteiger partial charge on any atom is -0.462 e. The van der Waals surface area contributed by atoms with Gasteiger partial charge in [0, 0.05) is 11.8 Å². The predicted octanol–water partition coefficient (Wildman–Crippen LogP) is 5.55. The predicted molar refractivity (Wildman–Crippen MR) is 122 cm³/mol. The van der Waals surface area contributed by atoms with E-state index in [2.05, 4.69) is 26.8 Å². The first-order valence-corrected chi connectivity index (χ1v) is 13.1. The maximum atomic E-state index is 12.6. The third-order valence-corrected chi connectivity index (χ3v) is 9.77. The van der Waals surface area contributed by atoms with Crippen molar-refractivity contribution < 1.29 is 19.7 Å². The lowest BCUT2D eigenvalue weighted by Gasteiger charge is -2.58. The van der Waals surface area contributed by atoms with Crippen molar-refractivity contribution in [2.45, 2.75) is 123 Å². The van der Waals surface area contributed by atoms with Crippen LogP contribution in [0.2, 0.25) is 0 Å². The molecule has 0 aromatic carbocycles. The van der Waals surface area contributed by atoms with Crippen LogP contribution in [0.15, 0.2) is 11.6 Å². The van der Waals surface area contributed by atoms with Crippen LogP contribution < -0.4 is 0 Å². The Bertz CT molecular complexity index is 687. The van der Waals surface area contributed by atoms with Crippen LogP contribution in [-0.4, -0.2) is 34.5 Å². The number of unbranched alkanes of at least 4 members (excludes halogenated alkanes) is 4. The summed E-state index contributed by atoms with van der Waals surface area (Å²) in [6, 6.07) is 0. The van der Waals surface area contributed by atoms with E-state index < -0.39 is 6.10 Å². The summed E-state index contributed by atoms with van der Waals surface area (Å²) >= 11 is 0. The molecule has 0 bridgehead atoms. The van der Waals surface area contributed by atoms with Crippen LogP contribution in [-0.2, 0) is 9.53 Å². The number of hydrogen-bond donors (Lipinski definition) is 2. The van der Waals surface area contributed by atoms with Gasteiger partial charge in [-0.15, -0.1) is 0 Å². The smallest absolute Gasteiger partial charge is 0.306 e. The maximum absolute atomic E-state index is 12.6. The zero-order valence-corrected chi connectivity index (χ0v) is 19.9. The Morgan fingerprint density at radius 2 is 1.81 bits per heavy atom.